The number of carboxylic acid groups (broad SMARTS) is 1. The maximum atomic E-state index is 11.4. The van der Waals surface area contributed by atoms with Crippen LogP contribution in [-0.4, -0.2) is 15.6 Å². The highest BCUT2D eigenvalue weighted by Crippen LogP contribution is 2.28. The maximum Gasteiger partial charge on any atom is 0.352 e. The maximum absolute atomic E-state index is 11.4. The van der Waals surface area contributed by atoms with Gasteiger partial charge in [0.25, 0.3) is 0 Å². The van der Waals surface area contributed by atoms with Gasteiger partial charge in [0, 0.05) is 17.4 Å². The number of nitrogens with zero attached hydrogens (tertiary/aromatic N) is 1. The van der Waals surface area contributed by atoms with Gasteiger partial charge in [-0.3, -0.25) is 0 Å². The highest BCUT2D eigenvalue weighted by molar-refractivity contribution is 5.95. The van der Waals surface area contributed by atoms with Crippen LogP contribution in [0.3, 0.4) is 0 Å². The minimum absolute atomic E-state index is 0.314. The summed E-state index contributed by atoms with van der Waals surface area (Å²) in [7, 11) is 0. The number of ether oxygens (including phenoxy) is 1. The zero-order valence-electron chi connectivity index (χ0n) is 12.3. The number of aromatic nitrogens is 1. The first-order valence-corrected chi connectivity index (χ1v) is 7.28. The fourth-order valence-electron chi connectivity index (χ4n) is 2.58. The fourth-order valence-corrected chi connectivity index (χ4v) is 2.58. The van der Waals surface area contributed by atoms with Crippen LogP contribution in [0.15, 0.2) is 54.6 Å². The molecule has 0 fully saturated rings. The zero-order chi connectivity index (χ0) is 15.5. The summed E-state index contributed by atoms with van der Waals surface area (Å²) in [5.74, 6) is 0.549. The number of rotatable bonds is 5. The summed E-state index contributed by atoms with van der Waals surface area (Å²) in [4.78, 5) is 11.4. The molecule has 0 amide bonds. The number of hydrogen-bond acceptors (Lipinski definition) is 2. The Labute approximate surface area is 128 Å². The van der Waals surface area contributed by atoms with Crippen LogP contribution in [-0.2, 0) is 6.54 Å². The monoisotopic (exact) mass is 295 g/mol. The predicted octanol–water partition coefficient (Wildman–Crippen LogP) is 4.54. The molecule has 0 unspecified atom stereocenters. The Morgan fingerprint density at radius 1 is 1.09 bits per heavy atom. The Bertz CT molecular complexity index is 806. The second-order valence-corrected chi connectivity index (χ2v) is 5.12. The van der Waals surface area contributed by atoms with Crippen molar-refractivity contribution in [2.75, 3.05) is 0 Å². The van der Waals surface area contributed by atoms with E-state index in [0.717, 1.165) is 23.1 Å². The van der Waals surface area contributed by atoms with Crippen molar-refractivity contribution >= 4 is 16.9 Å². The molecule has 22 heavy (non-hydrogen) atoms. The molecular weight excluding hydrogens is 278 g/mol. The van der Waals surface area contributed by atoms with E-state index in [9.17, 15) is 9.90 Å². The molecule has 1 heterocycles. The third-order valence-electron chi connectivity index (χ3n) is 3.52. The second kappa shape index (κ2) is 5.93. The van der Waals surface area contributed by atoms with E-state index >= 15 is 0 Å². The normalized spacial score (nSPS) is 10.8. The molecule has 2 aromatic carbocycles. The lowest BCUT2D eigenvalue weighted by Gasteiger charge is -2.08. The summed E-state index contributed by atoms with van der Waals surface area (Å²) >= 11 is 0. The molecule has 1 N–H and O–H groups in total. The number of aromatic carboxylic acids is 1. The van der Waals surface area contributed by atoms with Gasteiger partial charge in [-0.2, -0.15) is 0 Å². The van der Waals surface area contributed by atoms with E-state index in [4.69, 9.17) is 4.74 Å². The van der Waals surface area contributed by atoms with Crippen LogP contribution < -0.4 is 4.74 Å². The minimum atomic E-state index is -0.907. The number of aryl methyl sites for hydroxylation is 1. The molecule has 0 bridgehead atoms. The standard InChI is InChI=1S/C18H17NO3/c1-2-10-19-16-9-8-15(22-14-6-4-3-5-7-14)11-13(16)12-17(19)18(20)21/h3-9,11-12H,2,10H2,1H3,(H,20,21). The molecule has 4 nitrogen and oxygen atoms in total. The quantitative estimate of drug-likeness (QED) is 0.751. The third kappa shape index (κ3) is 2.68. The third-order valence-corrected chi connectivity index (χ3v) is 3.52. The van der Waals surface area contributed by atoms with E-state index in [1.807, 2.05) is 60.0 Å². The number of benzene rings is 2. The lowest BCUT2D eigenvalue weighted by atomic mass is 10.2. The Hall–Kier alpha value is -2.75. The Kier molecular flexibility index (Phi) is 3.83. The van der Waals surface area contributed by atoms with Crippen molar-refractivity contribution < 1.29 is 14.6 Å². The van der Waals surface area contributed by atoms with Gasteiger partial charge < -0.3 is 14.4 Å². The average molecular weight is 295 g/mol. The fraction of sp³-hybridized carbons (Fsp3) is 0.167. The molecule has 3 aromatic rings. The van der Waals surface area contributed by atoms with Crippen molar-refractivity contribution in [2.45, 2.75) is 19.9 Å². The number of para-hydroxylation sites is 1. The van der Waals surface area contributed by atoms with Gasteiger partial charge >= 0.3 is 5.97 Å². The SMILES string of the molecule is CCCn1c(C(=O)O)cc2cc(Oc3ccccc3)ccc21. The lowest BCUT2D eigenvalue weighted by molar-refractivity contribution is 0.0685. The Morgan fingerprint density at radius 2 is 1.86 bits per heavy atom. The second-order valence-electron chi connectivity index (χ2n) is 5.12. The molecule has 0 saturated heterocycles. The van der Waals surface area contributed by atoms with Gasteiger partial charge in [0.1, 0.15) is 17.2 Å². The number of carboxylic acids is 1. The van der Waals surface area contributed by atoms with Crippen LogP contribution in [0.1, 0.15) is 23.8 Å². The van der Waals surface area contributed by atoms with Gasteiger partial charge in [-0.05, 0) is 42.8 Å². The van der Waals surface area contributed by atoms with Gasteiger partial charge in [0.05, 0.1) is 0 Å². The van der Waals surface area contributed by atoms with Crippen molar-refractivity contribution in [3.63, 3.8) is 0 Å². The van der Waals surface area contributed by atoms with Crippen molar-refractivity contribution in [1.82, 2.24) is 4.57 Å². The van der Waals surface area contributed by atoms with Crippen LogP contribution in [0.2, 0.25) is 0 Å². The van der Waals surface area contributed by atoms with Gasteiger partial charge in [0.2, 0.25) is 0 Å². The van der Waals surface area contributed by atoms with Gasteiger partial charge in [0.15, 0.2) is 0 Å². The molecule has 0 aliphatic heterocycles. The van der Waals surface area contributed by atoms with Crippen molar-refractivity contribution in [3.8, 4) is 11.5 Å². The van der Waals surface area contributed by atoms with Gasteiger partial charge in [-0.25, -0.2) is 4.79 Å². The van der Waals surface area contributed by atoms with E-state index in [0.29, 0.717) is 18.0 Å². The molecule has 0 aliphatic rings. The van der Waals surface area contributed by atoms with E-state index in [1.165, 1.54) is 0 Å². The summed E-state index contributed by atoms with van der Waals surface area (Å²) in [6.07, 6.45) is 0.881. The summed E-state index contributed by atoms with van der Waals surface area (Å²) in [6, 6.07) is 16.9. The van der Waals surface area contributed by atoms with Crippen LogP contribution in [0.4, 0.5) is 0 Å². The summed E-state index contributed by atoms with van der Waals surface area (Å²) < 4.78 is 7.64. The molecule has 0 radical (unpaired) electrons. The van der Waals surface area contributed by atoms with Crippen molar-refractivity contribution in [3.05, 3.63) is 60.3 Å². The first-order valence-electron chi connectivity index (χ1n) is 7.28. The van der Waals surface area contributed by atoms with E-state index in [1.54, 1.807) is 6.07 Å². The van der Waals surface area contributed by atoms with E-state index in [-0.39, 0.29) is 0 Å². The highest BCUT2D eigenvalue weighted by Gasteiger charge is 2.14. The highest BCUT2D eigenvalue weighted by atomic mass is 16.5. The van der Waals surface area contributed by atoms with Crippen molar-refractivity contribution in [2.24, 2.45) is 0 Å². The molecule has 0 aliphatic carbocycles. The minimum Gasteiger partial charge on any atom is -0.477 e. The van der Waals surface area contributed by atoms with Crippen LogP contribution in [0.25, 0.3) is 10.9 Å². The predicted molar refractivity (Wildman–Crippen MR) is 85.7 cm³/mol. The number of hydrogen-bond donors (Lipinski definition) is 1. The largest absolute Gasteiger partial charge is 0.477 e. The lowest BCUT2D eigenvalue weighted by Crippen LogP contribution is -2.07. The van der Waals surface area contributed by atoms with Crippen LogP contribution >= 0.6 is 0 Å². The molecular formula is C18H17NO3. The van der Waals surface area contributed by atoms with Gasteiger partial charge in [-0.1, -0.05) is 25.1 Å². The zero-order valence-corrected chi connectivity index (χ0v) is 12.3. The molecule has 0 atom stereocenters. The molecule has 112 valence electrons. The molecule has 4 heteroatoms. The summed E-state index contributed by atoms with van der Waals surface area (Å²) in [6.45, 7) is 2.72. The molecule has 1 aromatic heterocycles. The van der Waals surface area contributed by atoms with Crippen molar-refractivity contribution in [1.29, 1.82) is 0 Å². The van der Waals surface area contributed by atoms with E-state index in [2.05, 4.69) is 0 Å². The van der Waals surface area contributed by atoms with Crippen LogP contribution in [0, 0.1) is 0 Å². The number of carbonyl (C=O) groups is 1. The van der Waals surface area contributed by atoms with E-state index < -0.39 is 5.97 Å². The van der Waals surface area contributed by atoms with Gasteiger partial charge in [-0.15, -0.1) is 0 Å². The number of fused-ring (bicyclic) bond motifs is 1. The average Bonchev–Trinajstić information content (AvgIpc) is 2.87. The molecule has 0 saturated carbocycles. The molecule has 3 rings (SSSR count). The Balaban J connectivity index is 2.01. The first kappa shape index (κ1) is 14.2. The summed E-state index contributed by atoms with van der Waals surface area (Å²) in [5, 5.41) is 10.2. The summed E-state index contributed by atoms with van der Waals surface area (Å²) in [5.41, 5.74) is 1.23. The Morgan fingerprint density at radius 3 is 2.55 bits per heavy atom. The van der Waals surface area contributed by atoms with Crippen LogP contribution in [0.5, 0.6) is 11.5 Å². The molecule has 0 spiro atoms. The first-order chi connectivity index (χ1) is 10.7. The topological polar surface area (TPSA) is 51.5 Å². The smallest absolute Gasteiger partial charge is 0.352 e.